The number of allylic oxidation sites excluding steroid dienone is 2. The van der Waals surface area contributed by atoms with Crippen molar-refractivity contribution in [1.29, 1.82) is 0 Å². The lowest BCUT2D eigenvalue weighted by Crippen LogP contribution is -2.47. The highest BCUT2D eigenvalue weighted by molar-refractivity contribution is 7.18. The van der Waals surface area contributed by atoms with E-state index in [1.165, 1.54) is 5.57 Å². The van der Waals surface area contributed by atoms with Crippen LogP contribution in [0.2, 0.25) is 0 Å². The van der Waals surface area contributed by atoms with Crippen molar-refractivity contribution in [3.05, 3.63) is 53.1 Å². The molecule has 0 saturated carbocycles. The number of benzene rings is 1. The van der Waals surface area contributed by atoms with Crippen LogP contribution in [0, 0.1) is 24.2 Å². The summed E-state index contributed by atoms with van der Waals surface area (Å²) in [6.07, 6.45) is 5.08. The van der Waals surface area contributed by atoms with Crippen LogP contribution in [-0.4, -0.2) is 39.1 Å². The van der Waals surface area contributed by atoms with Gasteiger partial charge in [-0.3, -0.25) is 9.59 Å². The molecule has 37 heavy (non-hydrogen) atoms. The summed E-state index contributed by atoms with van der Waals surface area (Å²) in [6.45, 7) is 13.1. The van der Waals surface area contributed by atoms with Crippen LogP contribution in [0.4, 0.5) is 0 Å². The maximum Gasteiger partial charge on any atom is 0.223 e. The Balaban J connectivity index is 1.93. The lowest BCUT2D eigenvalue weighted by atomic mass is 9.71. The van der Waals surface area contributed by atoms with E-state index in [4.69, 9.17) is 0 Å². The van der Waals surface area contributed by atoms with Crippen LogP contribution in [0.25, 0.3) is 10.2 Å². The average molecular weight is 527 g/mol. The van der Waals surface area contributed by atoms with E-state index in [0.717, 1.165) is 40.1 Å². The highest BCUT2D eigenvalue weighted by Crippen LogP contribution is 2.34. The first-order chi connectivity index (χ1) is 17.4. The first-order valence-corrected chi connectivity index (χ1v) is 14.1. The maximum absolute atomic E-state index is 13.6. The standard InChI is InChI=1S/C30H42N2O4S/c1-7-9-22-28(35)19(3)11-8-10-18(2)12-14-23(21-13-15-25-24(16-21)31-20(4)37-25)32-27(34)17-26(33)30(5,6)29(22)36/h7,12-13,15-16,19,22-23,26,28,33,35H,1,8-11,14,17H2,2-6H3,(H,32,34)/b18-12-/t19-,22+,23+,26-,28-/m0/s1. The van der Waals surface area contributed by atoms with E-state index in [0.29, 0.717) is 12.8 Å². The van der Waals surface area contributed by atoms with Crippen LogP contribution >= 0.6 is 11.3 Å². The summed E-state index contributed by atoms with van der Waals surface area (Å²) in [4.78, 5) is 31.3. The number of nitrogens with one attached hydrogen (secondary N) is 1. The van der Waals surface area contributed by atoms with Crippen molar-refractivity contribution < 1.29 is 19.8 Å². The molecule has 202 valence electrons. The second-order valence-corrected chi connectivity index (χ2v) is 12.4. The maximum atomic E-state index is 13.6. The van der Waals surface area contributed by atoms with Crippen LogP contribution < -0.4 is 5.32 Å². The number of aliphatic hydroxyl groups is 2. The minimum Gasteiger partial charge on any atom is -0.392 e. The molecule has 2 heterocycles. The third-order valence-electron chi connectivity index (χ3n) is 7.79. The molecule has 0 unspecified atom stereocenters. The van der Waals surface area contributed by atoms with Gasteiger partial charge in [0.15, 0.2) is 0 Å². The van der Waals surface area contributed by atoms with Gasteiger partial charge >= 0.3 is 0 Å². The zero-order valence-electron chi connectivity index (χ0n) is 22.8. The number of hydrogen-bond acceptors (Lipinski definition) is 6. The molecular formula is C30H42N2O4S. The molecule has 0 spiro atoms. The summed E-state index contributed by atoms with van der Waals surface area (Å²) in [5, 5.41) is 26.2. The predicted molar refractivity (Wildman–Crippen MR) is 150 cm³/mol. The van der Waals surface area contributed by atoms with Crippen LogP contribution in [0.1, 0.15) is 82.8 Å². The SMILES string of the molecule is C=CC[C@H]1C(=O)C(C)(C)[C@@H](O)CC(=O)N[C@@H](c2ccc3sc(C)nc3c2)C/C=C(/C)CCC[C@H](C)[C@@H]1O. The van der Waals surface area contributed by atoms with Crippen molar-refractivity contribution in [3.63, 3.8) is 0 Å². The molecule has 1 aliphatic rings. The van der Waals surface area contributed by atoms with Crippen molar-refractivity contribution in [3.8, 4) is 0 Å². The predicted octanol–water partition coefficient (Wildman–Crippen LogP) is 5.82. The number of aromatic nitrogens is 1. The average Bonchev–Trinajstić information content (AvgIpc) is 3.22. The van der Waals surface area contributed by atoms with Crippen molar-refractivity contribution in [1.82, 2.24) is 10.3 Å². The van der Waals surface area contributed by atoms with Crippen molar-refractivity contribution >= 4 is 33.2 Å². The molecule has 6 nitrogen and oxygen atoms in total. The second-order valence-electron chi connectivity index (χ2n) is 11.2. The molecule has 1 aromatic carbocycles. The molecule has 3 rings (SSSR count). The number of nitrogens with zero attached hydrogens (tertiary/aromatic N) is 1. The molecule has 5 atom stereocenters. The van der Waals surface area contributed by atoms with Crippen molar-refractivity contribution in [2.45, 2.75) is 91.4 Å². The van der Waals surface area contributed by atoms with Crippen LogP contribution in [-0.2, 0) is 9.59 Å². The molecule has 0 aliphatic carbocycles. The molecule has 7 heteroatoms. The molecule has 0 radical (unpaired) electrons. The summed E-state index contributed by atoms with van der Waals surface area (Å²) < 4.78 is 1.11. The molecule has 0 bridgehead atoms. The number of ketones is 1. The van der Waals surface area contributed by atoms with Crippen LogP contribution in [0.3, 0.4) is 0 Å². The fourth-order valence-corrected chi connectivity index (χ4v) is 5.96. The molecule has 0 fully saturated rings. The Morgan fingerprint density at radius 1 is 1.24 bits per heavy atom. The van der Waals surface area contributed by atoms with E-state index < -0.39 is 23.5 Å². The number of carbonyl (C=O) groups is 2. The molecule has 1 aromatic heterocycles. The summed E-state index contributed by atoms with van der Waals surface area (Å²) in [5.41, 5.74) is 1.89. The van der Waals surface area contributed by atoms with Crippen molar-refractivity contribution in [2.75, 3.05) is 0 Å². The van der Waals surface area contributed by atoms with Crippen LogP contribution in [0.5, 0.6) is 0 Å². The third-order valence-corrected chi connectivity index (χ3v) is 8.74. The number of aliphatic hydroxyl groups excluding tert-OH is 2. The summed E-state index contributed by atoms with van der Waals surface area (Å²) in [7, 11) is 0. The van der Waals surface area contributed by atoms with Gasteiger partial charge in [-0.2, -0.15) is 0 Å². The van der Waals surface area contributed by atoms with Crippen molar-refractivity contribution in [2.24, 2.45) is 17.3 Å². The number of Topliss-reactive ketones (excluding diaryl/α,β-unsaturated/α-hetero) is 1. The number of aryl methyl sites for hydroxylation is 1. The fourth-order valence-electron chi connectivity index (χ4n) is 5.15. The summed E-state index contributed by atoms with van der Waals surface area (Å²) in [5.74, 6) is -1.31. The van der Waals surface area contributed by atoms with Gasteiger partial charge in [0.25, 0.3) is 0 Å². The Morgan fingerprint density at radius 2 is 1.97 bits per heavy atom. The van der Waals surface area contributed by atoms with E-state index in [-0.39, 0.29) is 30.1 Å². The molecular weight excluding hydrogens is 484 g/mol. The van der Waals surface area contributed by atoms with E-state index >= 15 is 0 Å². The highest BCUT2D eigenvalue weighted by Gasteiger charge is 2.43. The highest BCUT2D eigenvalue weighted by atomic mass is 32.1. The smallest absolute Gasteiger partial charge is 0.223 e. The summed E-state index contributed by atoms with van der Waals surface area (Å²) in [6, 6.07) is 5.82. The topological polar surface area (TPSA) is 99.5 Å². The monoisotopic (exact) mass is 526 g/mol. The Hall–Kier alpha value is -2.35. The quantitative estimate of drug-likeness (QED) is 0.438. The van der Waals surface area contributed by atoms with E-state index in [1.807, 2.05) is 32.0 Å². The molecule has 1 amide bonds. The largest absolute Gasteiger partial charge is 0.392 e. The normalized spacial score (nSPS) is 29.9. The van der Waals surface area contributed by atoms with Crippen LogP contribution in [0.15, 0.2) is 42.5 Å². The fraction of sp³-hybridized carbons (Fsp3) is 0.567. The van der Waals surface area contributed by atoms with E-state index in [9.17, 15) is 19.8 Å². The second kappa shape index (κ2) is 12.5. The minimum atomic E-state index is -1.20. The Bertz CT molecular complexity index is 1150. The number of amides is 1. The molecule has 1 aliphatic heterocycles. The van der Waals surface area contributed by atoms with Gasteiger partial charge in [0.05, 0.1) is 45.3 Å². The van der Waals surface area contributed by atoms with Gasteiger partial charge in [-0.1, -0.05) is 44.6 Å². The van der Waals surface area contributed by atoms with Gasteiger partial charge in [0, 0.05) is 5.92 Å². The first kappa shape index (κ1) is 29.2. The number of rotatable bonds is 3. The number of thiazole rings is 1. The first-order valence-electron chi connectivity index (χ1n) is 13.3. The number of hydrogen-bond donors (Lipinski definition) is 3. The summed E-state index contributed by atoms with van der Waals surface area (Å²) >= 11 is 1.64. The Morgan fingerprint density at radius 3 is 2.68 bits per heavy atom. The minimum absolute atomic E-state index is 0.0770. The van der Waals surface area contributed by atoms with Gasteiger partial charge < -0.3 is 15.5 Å². The number of carbonyl (C=O) groups excluding carboxylic acids is 2. The number of fused-ring (bicyclic) bond motifs is 1. The van der Waals surface area contributed by atoms with Gasteiger partial charge in [-0.05, 0) is 69.6 Å². The third kappa shape index (κ3) is 7.15. The lowest BCUT2D eigenvalue weighted by molar-refractivity contribution is -0.144. The Labute approximate surface area is 224 Å². The van der Waals surface area contributed by atoms with Gasteiger partial charge in [-0.25, -0.2) is 4.98 Å². The van der Waals surface area contributed by atoms with E-state index in [1.54, 1.807) is 31.3 Å². The zero-order chi connectivity index (χ0) is 27.3. The van der Waals surface area contributed by atoms with Gasteiger partial charge in [0.1, 0.15) is 5.78 Å². The van der Waals surface area contributed by atoms with E-state index in [2.05, 4.69) is 29.9 Å². The lowest BCUT2D eigenvalue weighted by Gasteiger charge is -2.35. The molecule has 0 saturated heterocycles. The molecule has 3 N–H and O–H groups in total. The van der Waals surface area contributed by atoms with Gasteiger partial charge in [-0.15, -0.1) is 17.9 Å². The molecule has 2 aromatic rings. The van der Waals surface area contributed by atoms with Gasteiger partial charge in [0.2, 0.25) is 5.91 Å². The Kier molecular flexibility index (Phi) is 9.84. The zero-order valence-corrected chi connectivity index (χ0v) is 23.6.